The summed E-state index contributed by atoms with van der Waals surface area (Å²) in [6, 6.07) is 11.6. The van der Waals surface area contributed by atoms with Gasteiger partial charge in [-0.3, -0.25) is 4.79 Å². The summed E-state index contributed by atoms with van der Waals surface area (Å²) in [5, 5.41) is 14.8. The Hall–Kier alpha value is -2.61. The molecule has 0 saturated heterocycles. The molecular formula is C17H19N3O2. The molecule has 22 heavy (non-hydrogen) atoms. The van der Waals surface area contributed by atoms with Gasteiger partial charge in [0.15, 0.2) is 11.5 Å². The molecule has 0 aliphatic carbocycles. The minimum Gasteiger partial charge on any atom is -0.355 e. The number of hydrogen-bond donors (Lipinski definition) is 1. The minimum absolute atomic E-state index is 0.0890. The monoisotopic (exact) mass is 297 g/mol. The van der Waals surface area contributed by atoms with Crippen LogP contribution in [-0.4, -0.2) is 17.6 Å². The third-order valence-corrected chi connectivity index (χ3v) is 3.30. The average molecular weight is 297 g/mol. The predicted molar refractivity (Wildman–Crippen MR) is 83.2 cm³/mol. The fourth-order valence-electron chi connectivity index (χ4n) is 1.98. The highest BCUT2D eigenvalue weighted by molar-refractivity contribution is 5.93. The first-order valence-electron chi connectivity index (χ1n) is 7.14. The van der Waals surface area contributed by atoms with Crippen LogP contribution in [0.4, 0.5) is 0 Å². The highest BCUT2D eigenvalue weighted by Gasteiger charge is 2.16. The lowest BCUT2D eigenvalue weighted by atomic mass is 9.86. The van der Waals surface area contributed by atoms with Gasteiger partial charge >= 0.3 is 0 Å². The standard InChI is InChI=1S/C17H19N3O2/c1-17(2,3)13-7-5-12(6-8-13)15-11-14(20-22-15)16(21)19-10-4-9-18/h5-8,11H,4,10H2,1-3H3,(H,19,21). The van der Waals surface area contributed by atoms with Crippen molar-refractivity contribution in [1.29, 1.82) is 5.26 Å². The largest absolute Gasteiger partial charge is 0.355 e. The van der Waals surface area contributed by atoms with E-state index < -0.39 is 0 Å². The van der Waals surface area contributed by atoms with E-state index in [-0.39, 0.29) is 23.4 Å². The van der Waals surface area contributed by atoms with Crippen LogP contribution >= 0.6 is 0 Å². The first kappa shape index (κ1) is 15.8. The maximum absolute atomic E-state index is 11.8. The van der Waals surface area contributed by atoms with Gasteiger partial charge in [-0.25, -0.2) is 0 Å². The minimum atomic E-state index is -0.337. The molecule has 1 N–H and O–H groups in total. The molecule has 0 aliphatic heterocycles. The lowest BCUT2D eigenvalue weighted by Gasteiger charge is -2.18. The second kappa shape index (κ2) is 6.44. The van der Waals surface area contributed by atoms with Crippen molar-refractivity contribution in [3.05, 3.63) is 41.6 Å². The first-order chi connectivity index (χ1) is 10.4. The molecule has 0 atom stereocenters. The Morgan fingerprint density at radius 1 is 1.32 bits per heavy atom. The van der Waals surface area contributed by atoms with Gasteiger partial charge in [-0.1, -0.05) is 50.2 Å². The normalized spacial score (nSPS) is 11.0. The quantitative estimate of drug-likeness (QED) is 0.878. The zero-order chi connectivity index (χ0) is 16.2. The van der Waals surface area contributed by atoms with Crippen LogP contribution in [0, 0.1) is 11.3 Å². The summed E-state index contributed by atoms with van der Waals surface area (Å²) in [6.45, 7) is 6.76. The van der Waals surface area contributed by atoms with Gasteiger partial charge in [0.25, 0.3) is 5.91 Å². The predicted octanol–water partition coefficient (Wildman–Crippen LogP) is 3.28. The molecule has 114 valence electrons. The summed E-state index contributed by atoms with van der Waals surface area (Å²) in [7, 11) is 0. The number of aromatic nitrogens is 1. The van der Waals surface area contributed by atoms with Crippen LogP contribution in [-0.2, 0) is 5.41 Å². The van der Waals surface area contributed by atoms with Gasteiger partial charge in [0, 0.05) is 18.2 Å². The topological polar surface area (TPSA) is 78.9 Å². The lowest BCUT2D eigenvalue weighted by molar-refractivity contribution is 0.0945. The Morgan fingerprint density at radius 2 is 2.00 bits per heavy atom. The number of carbonyl (C=O) groups excluding carboxylic acids is 1. The van der Waals surface area contributed by atoms with Gasteiger partial charge in [0.2, 0.25) is 0 Å². The third-order valence-electron chi connectivity index (χ3n) is 3.30. The van der Waals surface area contributed by atoms with Crippen LogP contribution in [0.25, 0.3) is 11.3 Å². The molecule has 1 heterocycles. The van der Waals surface area contributed by atoms with E-state index in [4.69, 9.17) is 9.78 Å². The zero-order valence-electron chi connectivity index (χ0n) is 13.0. The van der Waals surface area contributed by atoms with Crippen LogP contribution in [0.3, 0.4) is 0 Å². The van der Waals surface area contributed by atoms with Crippen molar-refractivity contribution in [1.82, 2.24) is 10.5 Å². The second-order valence-corrected chi connectivity index (χ2v) is 6.07. The lowest BCUT2D eigenvalue weighted by Crippen LogP contribution is -2.24. The number of nitriles is 1. The summed E-state index contributed by atoms with van der Waals surface area (Å²) in [6.07, 6.45) is 0.269. The van der Waals surface area contributed by atoms with E-state index in [1.54, 1.807) is 6.07 Å². The molecule has 1 aromatic heterocycles. The number of rotatable bonds is 4. The molecule has 2 rings (SSSR count). The number of nitrogens with one attached hydrogen (secondary N) is 1. The van der Waals surface area contributed by atoms with Crippen molar-refractivity contribution in [2.24, 2.45) is 0 Å². The van der Waals surface area contributed by atoms with Crippen LogP contribution in [0.15, 0.2) is 34.9 Å². The Kier molecular flexibility index (Phi) is 4.62. The summed E-state index contributed by atoms with van der Waals surface area (Å²) >= 11 is 0. The Morgan fingerprint density at radius 3 is 2.59 bits per heavy atom. The molecule has 0 unspecified atom stereocenters. The van der Waals surface area contributed by atoms with Crippen molar-refractivity contribution < 1.29 is 9.32 Å². The molecule has 0 saturated carbocycles. The average Bonchev–Trinajstić information content (AvgIpc) is 2.96. The van der Waals surface area contributed by atoms with Crippen molar-refractivity contribution in [2.75, 3.05) is 6.54 Å². The third kappa shape index (κ3) is 3.73. The molecule has 0 aliphatic rings. The number of amides is 1. The molecule has 0 spiro atoms. The summed E-state index contributed by atoms with van der Waals surface area (Å²) in [5.74, 6) is 0.211. The van der Waals surface area contributed by atoms with Gasteiger partial charge in [0.1, 0.15) is 0 Å². The van der Waals surface area contributed by atoms with Crippen molar-refractivity contribution >= 4 is 5.91 Å². The van der Waals surface area contributed by atoms with Crippen LogP contribution in [0.1, 0.15) is 43.2 Å². The molecule has 5 nitrogen and oxygen atoms in total. The highest BCUT2D eigenvalue weighted by atomic mass is 16.5. The van der Waals surface area contributed by atoms with Crippen molar-refractivity contribution in [3.63, 3.8) is 0 Å². The number of nitrogens with zero attached hydrogens (tertiary/aromatic N) is 2. The zero-order valence-corrected chi connectivity index (χ0v) is 13.0. The van der Waals surface area contributed by atoms with Gasteiger partial charge < -0.3 is 9.84 Å². The van der Waals surface area contributed by atoms with Crippen molar-refractivity contribution in [2.45, 2.75) is 32.6 Å². The summed E-state index contributed by atoms with van der Waals surface area (Å²) in [4.78, 5) is 11.8. The number of benzene rings is 1. The summed E-state index contributed by atoms with van der Waals surface area (Å²) in [5.41, 5.74) is 2.40. The van der Waals surface area contributed by atoms with Crippen LogP contribution < -0.4 is 5.32 Å². The van der Waals surface area contributed by atoms with Crippen molar-refractivity contribution in [3.8, 4) is 17.4 Å². The Labute approximate surface area is 129 Å². The highest BCUT2D eigenvalue weighted by Crippen LogP contribution is 2.26. The summed E-state index contributed by atoms with van der Waals surface area (Å²) < 4.78 is 5.23. The van der Waals surface area contributed by atoms with E-state index in [0.29, 0.717) is 12.3 Å². The van der Waals surface area contributed by atoms with E-state index in [1.165, 1.54) is 5.56 Å². The SMILES string of the molecule is CC(C)(C)c1ccc(-c2cc(C(=O)NCCC#N)no2)cc1. The van der Waals surface area contributed by atoms with Crippen LogP contribution in [0.5, 0.6) is 0 Å². The van der Waals surface area contributed by atoms with E-state index >= 15 is 0 Å². The Bertz CT molecular complexity index is 688. The molecule has 1 amide bonds. The van der Waals surface area contributed by atoms with Gasteiger partial charge in [-0.2, -0.15) is 5.26 Å². The van der Waals surface area contributed by atoms with Gasteiger partial charge in [-0.15, -0.1) is 0 Å². The number of carbonyl (C=O) groups is 1. The first-order valence-corrected chi connectivity index (χ1v) is 7.14. The number of hydrogen-bond acceptors (Lipinski definition) is 4. The van der Waals surface area contributed by atoms with E-state index in [0.717, 1.165) is 5.56 Å². The van der Waals surface area contributed by atoms with Gasteiger partial charge in [-0.05, 0) is 11.0 Å². The van der Waals surface area contributed by atoms with Crippen LogP contribution in [0.2, 0.25) is 0 Å². The maximum Gasteiger partial charge on any atom is 0.273 e. The molecular weight excluding hydrogens is 278 g/mol. The fourth-order valence-corrected chi connectivity index (χ4v) is 1.98. The second-order valence-electron chi connectivity index (χ2n) is 6.07. The maximum atomic E-state index is 11.8. The molecule has 0 radical (unpaired) electrons. The van der Waals surface area contributed by atoms with E-state index in [2.05, 4.69) is 31.2 Å². The molecule has 0 fully saturated rings. The Balaban J connectivity index is 2.11. The molecule has 5 heteroatoms. The van der Waals surface area contributed by atoms with E-state index in [1.807, 2.05) is 30.3 Å². The molecule has 0 bridgehead atoms. The van der Waals surface area contributed by atoms with E-state index in [9.17, 15) is 4.79 Å². The fraction of sp³-hybridized carbons (Fsp3) is 0.353. The smallest absolute Gasteiger partial charge is 0.273 e. The van der Waals surface area contributed by atoms with Gasteiger partial charge in [0.05, 0.1) is 12.5 Å². The molecule has 2 aromatic rings. The molecule has 1 aromatic carbocycles.